The highest BCUT2D eigenvalue weighted by Gasteiger charge is 2.27. The number of thiophene rings is 1. The van der Waals surface area contributed by atoms with Crippen LogP contribution in [0.4, 0.5) is 0 Å². The van der Waals surface area contributed by atoms with Gasteiger partial charge >= 0.3 is 0 Å². The first-order valence-electron chi connectivity index (χ1n) is 9.96. The lowest BCUT2D eigenvalue weighted by molar-refractivity contribution is 0.0501. The molecule has 3 heterocycles. The molecule has 0 aliphatic carbocycles. The molecule has 1 saturated heterocycles. The van der Waals surface area contributed by atoms with Crippen molar-refractivity contribution in [3.63, 3.8) is 0 Å². The molecule has 0 amide bonds. The number of nitrogens with zero attached hydrogens (tertiary/aromatic N) is 2. The molecule has 0 saturated carbocycles. The molecule has 1 atom stereocenters. The largest absolute Gasteiger partial charge is 0.461 e. The van der Waals surface area contributed by atoms with Crippen molar-refractivity contribution in [1.29, 1.82) is 0 Å². The molecule has 1 aromatic carbocycles. The van der Waals surface area contributed by atoms with Crippen molar-refractivity contribution in [3.05, 3.63) is 70.1 Å². The summed E-state index contributed by atoms with van der Waals surface area (Å²) in [4.78, 5) is 5.04. The van der Waals surface area contributed by atoms with E-state index in [-0.39, 0.29) is 6.61 Å². The Morgan fingerprint density at radius 3 is 2.75 bits per heavy atom. The van der Waals surface area contributed by atoms with Gasteiger partial charge in [-0.3, -0.25) is 9.80 Å². The summed E-state index contributed by atoms with van der Waals surface area (Å²) in [7, 11) is 0. The zero-order chi connectivity index (χ0) is 19.3. The van der Waals surface area contributed by atoms with E-state index in [9.17, 15) is 5.11 Å². The van der Waals surface area contributed by atoms with Crippen LogP contribution in [0, 0.1) is 6.92 Å². The Kier molecular flexibility index (Phi) is 6.27. The van der Waals surface area contributed by atoms with E-state index in [2.05, 4.69) is 57.0 Å². The Labute approximate surface area is 171 Å². The summed E-state index contributed by atoms with van der Waals surface area (Å²) in [5.74, 6) is 1.88. The van der Waals surface area contributed by atoms with E-state index >= 15 is 0 Å². The monoisotopic (exact) mass is 396 g/mol. The number of hydrogen-bond acceptors (Lipinski definition) is 5. The highest BCUT2D eigenvalue weighted by atomic mass is 32.1. The predicted octanol–water partition coefficient (Wildman–Crippen LogP) is 4.39. The van der Waals surface area contributed by atoms with E-state index in [1.165, 1.54) is 16.7 Å². The van der Waals surface area contributed by atoms with Crippen LogP contribution in [-0.4, -0.2) is 47.2 Å². The van der Waals surface area contributed by atoms with Crippen LogP contribution >= 0.6 is 11.3 Å². The average Bonchev–Trinajstić information content (AvgIpc) is 3.36. The van der Waals surface area contributed by atoms with Gasteiger partial charge in [0.15, 0.2) is 0 Å². The standard InChI is InChI=1S/C23H28N2O2S/c1-18-6-7-23(27-18)22-5-3-2-4-20(22)15-24-10-11-25(21(16-24)8-12-26)14-19-9-13-28-17-19/h2-7,9,13,17,21,26H,8,10-12,14-16H2,1H3. The molecule has 1 unspecified atom stereocenters. The number of aryl methyl sites for hydroxylation is 1. The minimum atomic E-state index is 0.237. The van der Waals surface area contributed by atoms with E-state index in [4.69, 9.17) is 4.42 Å². The first kappa shape index (κ1) is 19.4. The van der Waals surface area contributed by atoms with Crippen molar-refractivity contribution < 1.29 is 9.52 Å². The highest BCUT2D eigenvalue weighted by Crippen LogP contribution is 2.28. The van der Waals surface area contributed by atoms with Crippen LogP contribution in [0.3, 0.4) is 0 Å². The van der Waals surface area contributed by atoms with Crippen molar-refractivity contribution in [2.24, 2.45) is 0 Å². The Morgan fingerprint density at radius 2 is 2.00 bits per heavy atom. The van der Waals surface area contributed by atoms with Crippen molar-refractivity contribution in [3.8, 4) is 11.3 Å². The van der Waals surface area contributed by atoms with Gasteiger partial charge in [-0.05, 0) is 53.4 Å². The van der Waals surface area contributed by atoms with Gasteiger partial charge < -0.3 is 9.52 Å². The number of hydrogen-bond donors (Lipinski definition) is 1. The summed E-state index contributed by atoms with van der Waals surface area (Å²) in [5, 5.41) is 13.9. The van der Waals surface area contributed by atoms with Gasteiger partial charge in [0.25, 0.3) is 0 Å². The van der Waals surface area contributed by atoms with Crippen LogP contribution in [0.5, 0.6) is 0 Å². The molecule has 1 aliphatic rings. The molecule has 0 radical (unpaired) electrons. The van der Waals surface area contributed by atoms with Gasteiger partial charge in [-0.1, -0.05) is 24.3 Å². The first-order valence-corrected chi connectivity index (χ1v) is 10.9. The second-order valence-electron chi connectivity index (χ2n) is 7.57. The molecule has 4 nitrogen and oxygen atoms in total. The molecule has 2 aromatic heterocycles. The van der Waals surface area contributed by atoms with Gasteiger partial charge in [0, 0.05) is 50.9 Å². The minimum absolute atomic E-state index is 0.237. The van der Waals surface area contributed by atoms with Gasteiger partial charge in [-0.15, -0.1) is 0 Å². The van der Waals surface area contributed by atoms with Crippen molar-refractivity contribution in [2.45, 2.75) is 32.5 Å². The number of piperazine rings is 1. The maximum absolute atomic E-state index is 9.58. The van der Waals surface area contributed by atoms with E-state index in [0.29, 0.717) is 6.04 Å². The third-order valence-electron chi connectivity index (χ3n) is 5.53. The Bertz CT molecular complexity index is 874. The molecular formula is C23H28N2O2S. The number of aliphatic hydroxyl groups is 1. The maximum atomic E-state index is 9.58. The quantitative estimate of drug-likeness (QED) is 0.643. The average molecular weight is 397 g/mol. The number of furan rings is 1. The smallest absolute Gasteiger partial charge is 0.134 e. The molecule has 1 fully saturated rings. The van der Waals surface area contributed by atoms with Crippen LogP contribution in [0.15, 0.2) is 57.6 Å². The fraction of sp³-hybridized carbons (Fsp3) is 0.391. The zero-order valence-corrected chi connectivity index (χ0v) is 17.2. The normalized spacial score (nSPS) is 18.6. The molecule has 28 heavy (non-hydrogen) atoms. The third-order valence-corrected chi connectivity index (χ3v) is 6.27. The SMILES string of the molecule is Cc1ccc(-c2ccccc2CN2CCN(Cc3ccsc3)C(CCO)C2)o1. The van der Waals surface area contributed by atoms with E-state index in [1.54, 1.807) is 11.3 Å². The summed E-state index contributed by atoms with van der Waals surface area (Å²) in [6.45, 7) is 7.16. The van der Waals surface area contributed by atoms with Crippen molar-refractivity contribution >= 4 is 11.3 Å². The fourth-order valence-corrected chi connectivity index (χ4v) is 4.73. The summed E-state index contributed by atoms with van der Waals surface area (Å²) >= 11 is 1.75. The lowest BCUT2D eigenvalue weighted by atomic mass is 10.0. The van der Waals surface area contributed by atoms with Gasteiger partial charge in [0.05, 0.1) is 0 Å². The summed E-state index contributed by atoms with van der Waals surface area (Å²) in [6.07, 6.45) is 0.819. The lowest BCUT2D eigenvalue weighted by Gasteiger charge is -2.41. The molecule has 1 aliphatic heterocycles. The molecule has 1 N–H and O–H groups in total. The molecule has 5 heteroatoms. The molecule has 0 bridgehead atoms. The summed E-state index contributed by atoms with van der Waals surface area (Å²) < 4.78 is 5.88. The Hall–Kier alpha value is -1.92. The zero-order valence-electron chi connectivity index (χ0n) is 16.4. The maximum Gasteiger partial charge on any atom is 0.134 e. The molecule has 148 valence electrons. The van der Waals surface area contributed by atoms with Crippen LogP contribution in [0.25, 0.3) is 11.3 Å². The van der Waals surface area contributed by atoms with Gasteiger partial charge in [0.2, 0.25) is 0 Å². The number of rotatable bonds is 7. The molecule has 3 aromatic rings. The number of benzene rings is 1. The first-order chi connectivity index (χ1) is 13.7. The lowest BCUT2D eigenvalue weighted by Crippen LogP contribution is -2.52. The summed E-state index contributed by atoms with van der Waals surface area (Å²) in [5.41, 5.74) is 3.85. The van der Waals surface area contributed by atoms with E-state index < -0.39 is 0 Å². The second kappa shape index (κ2) is 9.05. The predicted molar refractivity (Wildman–Crippen MR) is 114 cm³/mol. The Balaban J connectivity index is 1.46. The van der Waals surface area contributed by atoms with Crippen LogP contribution in [0.1, 0.15) is 23.3 Å². The molecular weight excluding hydrogens is 368 g/mol. The fourth-order valence-electron chi connectivity index (χ4n) is 4.07. The van der Waals surface area contributed by atoms with Gasteiger partial charge in [-0.25, -0.2) is 0 Å². The second-order valence-corrected chi connectivity index (χ2v) is 8.35. The van der Waals surface area contributed by atoms with Crippen molar-refractivity contribution in [2.75, 3.05) is 26.2 Å². The summed E-state index contributed by atoms with van der Waals surface area (Å²) in [6, 6.07) is 15.2. The number of aliphatic hydroxyl groups excluding tert-OH is 1. The van der Waals surface area contributed by atoms with Gasteiger partial charge in [0.1, 0.15) is 11.5 Å². The Morgan fingerprint density at radius 1 is 1.11 bits per heavy atom. The van der Waals surface area contributed by atoms with Crippen LogP contribution in [0.2, 0.25) is 0 Å². The minimum Gasteiger partial charge on any atom is -0.461 e. The molecule has 4 rings (SSSR count). The van der Waals surface area contributed by atoms with Crippen LogP contribution in [-0.2, 0) is 13.1 Å². The molecule has 0 spiro atoms. The van der Waals surface area contributed by atoms with E-state index in [0.717, 1.165) is 50.7 Å². The topological polar surface area (TPSA) is 39.9 Å². The van der Waals surface area contributed by atoms with E-state index in [1.807, 2.05) is 13.0 Å². The van der Waals surface area contributed by atoms with Crippen molar-refractivity contribution in [1.82, 2.24) is 9.80 Å². The third kappa shape index (κ3) is 4.55. The van der Waals surface area contributed by atoms with Gasteiger partial charge in [-0.2, -0.15) is 11.3 Å². The highest BCUT2D eigenvalue weighted by molar-refractivity contribution is 7.07. The van der Waals surface area contributed by atoms with Crippen LogP contribution < -0.4 is 0 Å².